The predicted octanol–water partition coefficient (Wildman–Crippen LogP) is 2.87. The molecule has 7 heteroatoms. The van der Waals surface area contributed by atoms with Gasteiger partial charge in [0.2, 0.25) is 5.91 Å². The van der Waals surface area contributed by atoms with E-state index in [1.165, 1.54) is 0 Å². The molecule has 4 heterocycles. The number of hydrogen-bond acceptors (Lipinski definition) is 4. The number of fused-ring (bicyclic) bond motifs is 2. The summed E-state index contributed by atoms with van der Waals surface area (Å²) in [6.07, 6.45) is 7.95. The number of anilines is 2. The Bertz CT molecular complexity index is 800. The molecule has 5 rings (SSSR count). The standard InChI is InChI=1S/C24H34N4O3/c29-22-14-20-10-11-21(15-22)28(20)24(31)25-17-4-3-12-26(16-17)18-6-8-19(9-7-18)27-13-2-1-5-23(27)30/h6-9,17,20-22,29H,1-5,10-16H2,(H,25,31)/t17-,20-,21+,22?/m0/s1. The van der Waals surface area contributed by atoms with Gasteiger partial charge in [0.05, 0.1) is 6.10 Å². The van der Waals surface area contributed by atoms with Crippen LogP contribution in [0.3, 0.4) is 0 Å². The van der Waals surface area contributed by atoms with Gasteiger partial charge < -0.3 is 25.1 Å². The first-order chi connectivity index (χ1) is 15.1. The Labute approximate surface area is 184 Å². The summed E-state index contributed by atoms with van der Waals surface area (Å²) in [5.41, 5.74) is 2.13. The molecule has 1 unspecified atom stereocenters. The molecule has 168 valence electrons. The van der Waals surface area contributed by atoms with E-state index in [2.05, 4.69) is 34.5 Å². The maximum Gasteiger partial charge on any atom is 0.318 e. The van der Waals surface area contributed by atoms with Gasteiger partial charge in [-0.3, -0.25) is 4.79 Å². The molecule has 4 fully saturated rings. The summed E-state index contributed by atoms with van der Waals surface area (Å²) in [7, 11) is 0. The highest BCUT2D eigenvalue weighted by Gasteiger charge is 2.43. The van der Waals surface area contributed by atoms with Crippen molar-refractivity contribution in [1.29, 1.82) is 0 Å². The molecule has 0 radical (unpaired) electrons. The Balaban J connectivity index is 1.20. The summed E-state index contributed by atoms with van der Waals surface area (Å²) < 4.78 is 0. The fourth-order valence-electron chi connectivity index (χ4n) is 5.98. The highest BCUT2D eigenvalue weighted by molar-refractivity contribution is 5.94. The third kappa shape index (κ3) is 4.25. The molecule has 31 heavy (non-hydrogen) atoms. The minimum absolute atomic E-state index is 0.0465. The molecule has 2 bridgehead atoms. The van der Waals surface area contributed by atoms with Gasteiger partial charge in [-0.05, 0) is 75.6 Å². The third-order valence-corrected chi connectivity index (χ3v) is 7.54. The maximum atomic E-state index is 13.0. The smallest absolute Gasteiger partial charge is 0.318 e. The van der Waals surface area contributed by atoms with E-state index in [4.69, 9.17) is 0 Å². The van der Waals surface area contributed by atoms with E-state index >= 15 is 0 Å². The summed E-state index contributed by atoms with van der Waals surface area (Å²) in [5.74, 6) is 0.221. The van der Waals surface area contributed by atoms with Crippen LogP contribution in [0.15, 0.2) is 24.3 Å². The molecule has 0 aromatic heterocycles. The number of nitrogens with one attached hydrogen (secondary N) is 1. The lowest BCUT2D eigenvalue weighted by Gasteiger charge is -2.40. The molecule has 0 saturated carbocycles. The van der Waals surface area contributed by atoms with Gasteiger partial charge in [-0.15, -0.1) is 0 Å². The summed E-state index contributed by atoms with van der Waals surface area (Å²) >= 11 is 0. The second-order valence-electron chi connectivity index (χ2n) is 9.67. The molecule has 4 aliphatic rings. The molecule has 0 spiro atoms. The van der Waals surface area contributed by atoms with Gasteiger partial charge in [-0.2, -0.15) is 0 Å². The van der Waals surface area contributed by atoms with Gasteiger partial charge in [-0.25, -0.2) is 4.79 Å². The Morgan fingerprint density at radius 2 is 1.65 bits per heavy atom. The van der Waals surface area contributed by atoms with Crippen LogP contribution in [0, 0.1) is 0 Å². The Morgan fingerprint density at radius 1 is 0.935 bits per heavy atom. The van der Waals surface area contributed by atoms with Gasteiger partial charge in [0, 0.05) is 55.6 Å². The average molecular weight is 427 g/mol. The Kier molecular flexibility index (Phi) is 5.78. The Morgan fingerprint density at radius 3 is 2.35 bits per heavy atom. The summed E-state index contributed by atoms with van der Waals surface area (Å²) in [6.45, 7) is 2.60. The first-order valence-corrected chi connectivity index (χ1v) is 12.0. The molecule has 1 aromatic carbocycles. The van der Waals surface area contributed by atoms with Crippen LogP contribution in [0.25, 0.3) is 0 Å². The number of piperidine rings is 3. The van der Waals surface area contributed by atoms with Crippen LogP contribution in [-0.4, -0.2) is 65.8 Å². The quantitative estimate of drug-likeness (QED) is 0.779. The lowest BCUT2D eigenvalue weighted by molar-refractivity contribution is -0.119. The van der Waals surface area contributed by atoms with Crippen molar-refractivity contribution < 1.29 is 14.7 Å². The minimum atomic E-state index is -0.255. The van der Waals surface area contributed by atoms with Crippen molar-refractivity contribution in [2.75, 3.05) is 29.4 Å². The van der Waals surface area contributed by atoms with E-state index < -0.39 is 0 Å². The molecule has 3 amide bonds. The first kappa shape index (κ1) is 20.6. The zero-order chi connectivity index (χ0) is 21.4. The van der Waals surface area contributed by atoms with Crippen LogP contribution in [-0.2, 0) is 4.79 Å². The Hall–Kier alpha value is -2.28. The fourth-order valence-corrected chi connectivity index (χ4v) is 5.98. The second kappa shape index (κ2) is 8.69. The third-order valence-electron chi connectivity index (χ3n) is 7.54. The second-order valence-corrected chi connectivity index (χ2v) is 9.67. The van der Waals surface area contributed by atoms with Crippen LogP contribution in [0.1, 0.15) is 57.8 Å². The van der Waals surface area contributed by atoms with Crippen molar-refractivity contribution in [1.82, 2.24) is 10.2 Å². The van der Waals surface area contributed by atoms with Gasteiger partial charge in [0.25, 0.3) is 0 Å². The maximum absolute atomic E-state index is 13.0. The number of benzene rings is 1. The monoisotopic (exact) mass is 426 g/mol. The molecule has 4 atom stereocenters. The highest BCUT2D eigenvalue weighted by atomic mass is 16.3. The van der Waals surface area contributed by atoms with Crippen molar-refractivity contribution in [3.8, 4) is 0 Å². The van der Waals surface area contributed by atoms with Gasteiger partial charge in [0.1, 0.15) is 0 Å². The van der Waals surface area contributed by atoms with E-state index in [1.807, 2.05) is 9.80 Å². The van der Waals surface area contributed by atoms with Crippen LogP contribution >= 0.6 is 0 Å². The van der Waals surface area contributed by atoms with E-state index in [0.717, 1.165) is 69.5 Å². The summed E-state index contributed by atoms with van der Waals surface area (Å²) in [5, 5.41) is 13.3. The average Bonchev–Trinajstić information content (AvgIpc) is 3.06. The lowest BCUT2D eigenvalue weighted by atomic mass is 10.00. The van der Waals surface area contributed by atoms with Crippen LogP contribution in [0.2, 0.25) is 0 Å². The van der Waals surface area contributed by atoms with Crippen molar-refractivity contribution in [3.05, 3.63) is 24.3 Å². The van der Waals surface area contributed by atoms with Crippen molar-refractivity contribution in [2.24, 2.45) is 0 Å². The topological polar surface area (TPSA) is 76.1 Å². The highest BCUT2D eigenvalue weighted by Crippen LogP contribution is 2.36. The first-order valence-electron chi connectivity index (χ1n) is 12.0. The molecule has 4 saturated heterocycles. The molecule has 0 aliphatic carbocycles. The number of amides is 3. The molecular weight excluding hydrogens is 392 g/mol. The normalized spacial score (nSPS) is 31.1. The largest absolute Gasteiger partial charge is 0.393 e. The number of hydrogen-bond donors (Lipinski definition) is 2. The van der Waals surface area contributed by atoms with Gasteiger partial charge in [-0.1, -0.05) is 0 Å². The number of aliphatic hydroxyl groups is 1. The number of carbonyl (C=O) groups is 2. The lowest BCUT2D eigenvalue weighted by Crippen LogP contribution is -2.56. The van der Waals surface area contributed by atoms with E-state index in [0.29, 0.717) is 19.3 Å². The molecule has 2 N–H and O–H groups in total. The van der Waals surface area contributed by atoms with Gasteiger partial charge in [0.15, 0.2) is 0 Å². The van der Waals surface area contributed by atoms with E-state index in [9.17, 15) is 14.7 Å². The van der Waals surface area contributed by atoms with E-state index in [1.54, 1.807) is 0 Å². The number of urea groups is 1. The van der Waals surface area contributed by atoms with Crippen LogP contribution in [0.5, 0.6) is 0 Å². The number of aliphatic hydroxyl groups excluding tert-OH is 1. The van der Waals surface area contributed by atoms with Gasteiger partial charge >= 0.3 is 6.03 Å². The summed E-state index contributed by atoms with van der Waals surface area (Å²) in [4.78, 5) is 31.4. The zero-order valence-corrected chi connectivity index (χ0v) is 18.2. The number of carbonyl (C=O) groups excluding carboxylic acids is 2. The molecule has 4 aliphatic heterocycles. The van der Waals surface area contributed by atoms with Crippen molar-refractivity contribution in [3.63, 3.8) is 0 Å². The van der Waals surface area contributed by atoms with Crippen LogP contribution < -0.4 is 15.1 Å². The fraction of sp³-hybridized carbons (Fsp3) is 0.667. The number of rotatable bonds is 3. The molecule has 7 nitrogen and oxygen atoms in total. The molecular formula is C24H34N4O3. The van der Waals surface area contributed by atoms with Crippen molar-refractivity contribution in [2.45, 2.75) is 82.0 Å². The zero-order valence-electron chi connectivity index (χ0n) is 18.2. The number of nitrogens with zero attached hydrogens (tertiary/aromatic N) is 3. The minimum Gasteiger partial charge on any atom is -0.393 e. The SMILES string of the molecule is O=C1CCCCN1c1ccc(N2CCC[C@H](NC(=O)N3[C@@H]4CC[C@H]3CC(O)C4)C2)cc1. The molecule has 1 aromatic rings. The van der Waals surface area contributed by atoms with Crippen LogP contribution in [0.4, 0.5) is 16.2 Å². The van der Waals surface area contributed by atoms with Crippen molar-refractivity contribution >= 4 is 23.3 Å². The van der Waals surface area contributed by atoms with E-state index in [-0.39, 0.29) is 36.2 Å². The predicted molar refractivity (Wildman–Crippen MR) is 120 cm³/mol. The summed E-state index contributed by atoms with van der Waals surface area (Å²) in [6, 6.07) is 8.88.